The summed E-state index contributed by atoms with van der Waals surface area (Å²) in [7, 11) is 106. The topological polar surface area (TPSA) is 9.23 Å². The predicted octanol–water partition coefficient (Wildman–Crippen LogP) is 38.1. The van der Waals surface area contributed by atoms with Crippen molar-refractivity contribution in [3.8, 4) is 0 Å². The van der Waals surface area contributed by atoms with E-state index in [1.165, 1.54) is 19.7 Å². The molecule has 0 heterocycles. The second-order valence-electron chi connectivity index (χ2n) is 4.53. The lowest BCUT2D eigenvalue weighted by molar-refractivity contribution is 0.491. The smallest absolute Gasteiger partial charge is 0.0817 e. The molecule has 0 saturated carbocycles. The molecule has 1 nitrogen and oxygen atoms in total. The van der Waals surface area contributed by atoms with E-state index in [1.54, 1.807) is 154 Å². The molecule has 0 aromatic rings. The molecule has 0 aromatic heterocycles. The maximum absolute atomic E-state index is 5.17. The van der Waals surface area contributed by atoms with Crippen LogP contribution in [0.15, 0.2) is 0 Å². The van der Waals surface area contributed by atoms with Crippen LogP contribution in [0.4, 0.5) is 0 Å². The molecule has 63 heteroatoms. The molecule has 386 valence electrons. The van der Waals surface area contributed by atoms with Crippen LogP contribution in [-0.2, 0) is 33.0 Å². The van der Waals surface area contributed by atoms with Crippen molar-refractivity contribution in [1.29, 1.82) is 0 Å². The average molecular weight is 2020 g/mol. The van der Waals surface area contributed by atoms with Crippen molar-refractivity contribution < 1.29 is 4.18 Å². The Morgan fingerprint density at radius 1 is 0.219 bits per heavy atom. The van der Waals surface area contributed by atoms with Crippen LogP contribution in [0.2, 0.25) is 0 Å². The minimum Gasteiger partial charge on any atom is -0.305 e. The SMILES string of the molecule is COS(=S)(=S)SSSSSSSSSSSSSSSSSSSSSSSSSSSSSSSSSSSSSSSSSSSSSSSSSSSSSSSSSSS. The van der Waals surface area contributed by atoms with Gasteiger partial charge in [0.15, 0.2) is 0 Å². The molecule has 0 radical (unpaired) electrons. The summed E-state index contributed by atoms with van der Waals surface area (Å²) in [5.74, 6) is 0. The van der Waals surface area contributed by atoms with Gasteiger partial charge in [-0.25, -0.2) is 0 Å². The standard InChI is InChI=1S/CH4OS62/c1-2-64(4,5)63-62-61-60-59-58-57-56-55-54-53-52-51-50-49-48-47-46-45-44-43-42-41-40-39-38-37-36-35-34-33-32-31-30-29-28-27-26-25-24-23-22-21-20-19-18-17-16-15-14-13-12-11-10-9-8-7-6-3/h3H,1H3. The largest absolute Gasteiger partial charge is 0.305 e. The van der Waals surface area contributed by atoms with Gasteiger partial charge in [0, 0.05) is 491 Å². The normalized spacial score (nSPS) is 12.0. The first-order valence-corrected chi connectivity index (χ1v) is 92.6. The molecule has 0 fully saturated rings. The van der Waals surface area contributed by atoms with Crippen LogP contribution in [0.3, 0.4) is 0 Å². The van der Waals surface area contributed by atoms with E-state index in [1.807, 2.05) is 403 Å². The fourth-order valence-electron chi connectivity index (χ4n) is 0.698. The minimum absolute atomic E-state index is 1.46. The third-order valence-corrected chi connectivity index (χ3v) is 136. The second kappa shape index (κ2) is 78.6. The fourth-order valence-corrected chi connectivity index (χ4v) is 162. The molecule has 0 spiro atoms. The van der Waals surface area contributed by atoms with Crippen LogP contribution in [0.1, 0.15) is 0 Å². The van der Waals surface area contributed by atoms with Gasteiger partial charge in [0.25, 0.3) is 0 Å². The molecule has 0 aliphatic carbocycles. The zero-order chi connectivity index (χ0) is 46.2. The van der Waals surface area contributed by atoms with Crippen molar-refractivity contribution in [3.63, 3.8) is 0 Å². The maximum Gasteiger partial charge on any atom is 0.0817 e. The van der Waals surface area contributed by atoms with Crippen molar-refractivity contribution in [2.75, 3.05) is 7.11 Å². The quantitative estimate of drug-likeness (QED) is 0.0352. The van der Waals surface area contributed by atoms with Gasteiger partial charge in [-0.15, -0.1) is 0 Å². The van der Waals surface area contributed by atoms with E-state index < -0.39 is 6.46 Å². The highest BCUT2D eigenvalue weighted by atomic mass is 34.1. The van der Waals surface area contributed by atoms with Gasteiger partial charge in [-0.1, -0.05) is 11.7 Å². The summed E-state index contributed by atoms with van der Waals surface area (Å²) in [6.45, 7) is -1.80. The molecule has 0 bridgehead atoms. The van der Waals surface area contributed by atoms with Gasteiger partial charge in [0.2, 0.25) is 0 Å². The predicted molar refractivity (Wildman–Crippen MR) is 478 cm³/mol. The highest BCUT2D eigenvalue weighted by molar-refractivity contribution is 9.64. The molecule has 0 atom stereocenters. The highest BCUT2D eigenvalue weighted by Crippen LogP contribution is 2.70. The summed E-state index contributed by atoms with van der Waals surface area (Å²) in [5.41, 5.74) is 0. The van der Waals surface area contributed by atoms with Crippen LogP contribution in [0.5, 0.6) is 0 Å². The van der Waals surface area contributed by atoms with Crippen molar-refractivity contribution >= 4 is 610 Å². The van der Waals surface area contributed by atoms with E-state index in [-0.39, 0.29) is 0 Å². The van der Waals surface area contributed by atoms with E-state index in [2.05, 4.69) is 11.7 Å². The molecule has 0 aliphatic heterocycles. The van der Waals surface area contributed by atoms with Crippen molar-refractivity contribution in [3.05, 3.63) is 0 Å². The third-order valence-electron chi connectivity index (χ3n) is 1.87. The number of rotatable bonds is 59. The Morgan fingerprint density at radius 3 is 0.438 bits per heavy atom. The molecule has 64 heavy (non-hydrogen) atoms. The van der Waals surface area contributed by atoms with Crippen LogP contribution < -0.4 is 0 Å². The van der Waals surface area contributed by atoms with E-state index in [9.17, 15) is 0 Å². The van der Waals surface area contributed by atoms with Crippen LogP contribution in [-0.4, -0.2) is 7.11 Å². The molecule has 0 amide bonds. The van der Waals surface area contributed by atoms with Crippen molar-refractivity contribution in [2.45, 2.75) is 0 Å². The Kier molecular flexibility index (Phi) is 105. The number of hydrogen-bond donors (Lipinski definition) is 1. The summed E-state index contributed by atoms with van der Waals surface area (Å²) in [5, 5.41) is 0. The van der Waals surface area contributed by atoms with Gasteiger partial charge in [-0.3, -0.25) is 0 Å². The fraction of sp³-hybridized carbons (Fsp3) is 1.00. The lowest BCUT2D eigenvalue weighted by atomic mass is 11.8. The summed E-state index contributed by atoms with van der Waals surface area (Å²) < 4.78 is 5.11. The van der Waals surface area contributed by atoms with Crippen molar-refractivity contribution in [2.24, 2.45) is 0 Å². The van der Waals surface area contributed by atoms with Crippen LogP contribution in [0.25, 0.3) is 0 Å². The summed E-state index contributed by atoms with van der Waals surface area (Å²) in [6, 6.07) is 0. The molecule has 0 saturated heterocycles. The molecule has 0 aliphatic rings. The minimum atomic E-state index is -1.80. The Bertz CT molecular complexity index is 908. The van der Waals surface area contributed by atoms with E-state index in [0.717, 1.165) is 0 Å². The summed E-state index contributed by atoms with van der Waals surface area (Å²) in [6.07, 6.45) is 0. The van der Waals surface area contributed by atoms with Gasteiger partial charge in [-0.05, 0) is 101 Å². The molecule has 0 aromatic carbocycles. The Labute approximate surface area is 604 Å². The lowest BCUT2D eigenvalue weighted by Crippen LogP contribution is -1.87. The lowest BCUT2D eigenvalue weighted by Gasteiger charge is -2.03. The molecular weight excluding hydrogens is 2020 g/mol. The first-order valence-electron chi connectivity index (χ1n) is 10.8. The summed E-state index contributed by atoms with van der Waals surface area (Å²) in [4.78, 5) is 0. The van der Waals surface area contributed by atoms with Gasteiger partial charge >= 0.3 is 0 Å². The Morgan fingerprint density at radius 2 is 0.328 bits per heavy atom. The number of hydrogen-bond acceptors (Lipinski definition) is 62. The van der Waals surface area contributed by atoms with Crippen LogP contribution >= 0.6 is 582 Å². The zero-order valence-corrected chi connectivity index (χ0v) is 77.5. The van der Waals surface area contributed by atoms with Crippen LogP contribution in [0, 0.1) is 0 Å². The first kappa shape index (κ1) is 85.4. The second-order valence-corrected chi connectivity index (χ2v) is 115. The van der Waals surface area contributed by atoms with Gasteiger partial charge < -0.3 is 4.18 Å². The van der Waals surface area contributed by atoms with Gasteiger partial charge in [-0.2, -0.15) is 0 Å². The molecule has 0 rings (SSSR count). The van der Waals surface area contributed by atoms with E-state index in [0.29, 0.717) is 0 Å². The zero-order valence-electron chi connectivity index (χ0n) is 26.8. The Hall–Kier alpha value is 21.4. The van der Waals surface area contributed by atoms with E-state index in [4.69, 9.17) is 26.6 Å². The average Bonchev–Trinajstić information content (AvgIpc) is 3.30. The third kappa shape index (κ3) is 79.5. The number of thiol groups is 1. The van der Waals surface area contributed by atoms with E-state index >= 15 is 0 Å². The Balaban J connectivity index is 3.08. The van der Waals surface area contributed by atoms with Crippen molar-refractivity contribution in [1.82, 2.24) is 0 Å². The van der Waals surface area contributed by atoms with Gasteiger partial charge in [0.05, 0.1) is 13.6 Å². The first-order chi connectivity index (χ1) is 31.6. The summed E-state index contributed by atoms with van der Waals surface area (Å²) >= 11 is 14.4. The molecular formula is CH4OS62. The monoisotopic (exact) mass is 2010 g/mol. The molecule has 0 unspecified atom stereocenters. The van der Waals surface area contributed by atoms with Gasteiger partial charge in [0.1, 0.15) is 0 Å². The highest BCUT2D eigenvalue weighted by Gasteiger charge is 2.06. The maximum atomic E-state index is 5.17. The molecule has 0 N–H and O–H groups in total.